The summed E-state index contributed by atoms with van der Waals surface area (Å²) in [6.45, 7) is 4.54. The highest BCUT2D eigenvalue weighted by atomic mass is 32.2. The van der Waals surface area contributed by atoms with Gasteiger partial charge in [0.2, 0.25) is 0 Å². The molecule has 0 aliphatic carbocycles. The largest absolute Gasteiger partial charge is 0.271 e. The van der Waals surface area contributed by atoms with Gasteiger partial charge in [-0.15, -0.1) is 11.8 Å². The van der Waals surface area contributed by atoms with Crippen molar-refractivity contribution in [3.05, 3.63) is 29.8 Å². The fraction of sp³-hybridized carbons (Fsp3) is 0.571. The molecule has 1 aliphatic heterocycles. The third kappa shape index (κ3) is 3.24. The Morgan fingerprint density at radius 2 is 2.12 bits per heavy atom. The molecule has 0 saturated heterocycles. The maximum Gasteiger partial charge on any atom is 0.0336 e. The molecule has 0 fully saturated rings. The van der Waals surface area contributed by atoms with Crippen molar-refractivity contribution in [2.75, 3.05) is 0 Å². The minimum atomic E-state index is 0.426. The smallest absolute Gasteiger partial charge is 0.0336 e. The number of thioether (sulfide) groups is 1. The number of hydrogen-bond acceptors (Lipinski definition) is 3. The highest BCUT2D eigenvalue weighted by molar-refractivity contribution is 8.00. The van der Waals surface area contributed by atoms with Gasteiger partial charge in [0.1, 0.15) is 0 Å². The van der Waals surface area contributed by atoms with E-state index in [0.29, 0.717) is 11.3 Å². The van der Waals surface area contributed by atoms with Gasteiger partial charge in [0.25, 0.3) is 0 Å². The Morgan fingerprint density at radius 3 is 2.76 bits per heavy atom. The average molecular weight is 250 g/mol. The van der Waals surface area contributed by atoms with E-state index in [1.54, 1.807) is 0 Å². The standard InChI is InChI=1S/C14H22N2S/c1-10(2)7-8-12(16-15)14-9-11-5-3-4-6-13(11)17-14/h3-6,10,12,14,16H,7-9,15H2,1-2H3. The lowest BCUT2D eigenvalue weighted by Crippen LogP contribution is -2.42. The fourth-order valence-electron chi connectivity index (χ4n) is 2.32. The van der Waals surface area contributed by atoms with Gasteiger partial charge in [0.05, 0.1) is 0 Å². The zero-order valence-electron chi connectivity index (χ0n) is 10.6. The maximum absolute atomic E-state index is 5.71. The van der Waals surface area contributed by atoms with E-state index in [2.05, 4.69) is 43.5 Å². The molecule has 94 valence electrons. The van der Waals surface area contributed by atoms with Gasteiger partial charge in [-0.3, -0.25) is 11.3 Å². The van der Waals surface area contributed by atoms with Gasteiger partial charge in [0.15, 0.2) is 0 Å². The lowest BCUT2D eigenvalue weighted by atomic mass is 9.98. The number of fused-ring (bicyclic) bond motifs is 1. The first-order chi connectivity index (χ1) is 8.20. The van der Waals surface area contributed by atoms with Gasteiger partial charge in [-0.1, -0.05) is 32.0 Å². The summed E-state index contributed by atoms with van der Waals surface area (Å²) in [5.41, 5.74) is 4.49. The molecule has 0 saturated carbocycles. The normalized spacial score (nSPS) is 20.6. The maximum atomic E-state index is 5.71. The number of hydrazine groups is 1. The number of nitrogens with one attached hydrogen (secondary N) is 1. The highest BCUT2D eigenvalue weighted by Gasteiger charge is 2.28. The highest BCUT2D eigenvalue weighted by Crippen LogP contribution is 2.39. The third-order valence-electron chi connectivity index (χ3n) is 3.39. The molecule has 2 atom stereocenters. The monoisotopic (exact) mass is 250 g/mol. The summed E-state index contributed by atoms with van der Waals surface area (Å²) in [6, 6.07) is 9.12. The van der Waals surface area contributed by atoms with Gasteiger partial charge in [0, 0.05) is 16.2 Å². The molecular formula is C14H22N2S. The summed E-state index contributed by atoms with van der Waals surface area (Å²) < 4.78 is 0. The van der Waals surface area contributed by atoms with E-state index in [1.165, 1.54) is 23.3 Å². The number of benzene rings is 1. The topological polar surface area (TPSA) is 38.0 Å². The number of rotatable bonds is 5. The zero-order valence-corrected chi connectivity index (χ0v) is 11.5. The quantitative estimate of drug-likeness (QED) is 0.623. The van der Waals surface area contributed by atoms with Crippen LogP contribution in [0.5, 0.6) is 0 Å². The van der Waals surface area contributed by atoms with Crippen LogP contribution in [0.3, 0.4) is 0 Å². The van der Waals surface area contributed by atoms with Crippen LogP contribution in [0.4, 0.5) is 0 Å². The van der Waals surface area contributed by atoms with Crippen LogP contribution in [-0.4, -0.2) is 11.3 Å². The zero-order chi connectivity index (χ0) is 12.3. The first-order valence-electron chi connectivity index (χ1n) is 6.41. The minimum Gasteiger partial charge on any atom is -0.271 e. The molecule has 2 unspecified atom stereocenters. The van der Waals surface area contributed by atoms with Gasteiger partial charge in [-0.05, 0) is 36.8 Å². The Labute approximate surface area is 108 Å². The molecule has 3 N–H and O–H groups in total. The minimum absolute atomic E-state index is 0.426. The van der Waals surface area contributed by atoms with Crippen LogP contribution in [0.2, 0.25) is 0 Å². The molecule has 3 heteroatoms. The lowest BCUT2D eigenvalue weighted by molar-refractivity contribution is 0.426. The molecule has 2 rings (SSSR count). The van der Waals surface area contributed by atoms with Crippen molar-refractivity contribution in [2.24, 2.45) is 11.8 Å². The van der Waals surface area contributed by atoms with E-state index < -0.39 is 0 Å². The predicted molar refractivity (Wildman–Crippen MR) is 75.0 cm³/mol. The third-order valence-corrected chi connectivity index (χ3v) is 4.84. The molecule has 0 radical (unpaired) electrons. The summed E-state index contributed by atoms with van der Waals surface area (Å²) in [4.78, 5) is 1.43. The van der Waals surface area contributed by atoms with Crippen LogP contribution < -0.4 is 11.3 Å². The van der Waals surface area contributed by atoms with Crippen molar-refractivity contribution in [1.82, 2.24) is 5.43 Å². The summed E-state index contributed by atoms with van der Waals surface area (Å²) in [5.74, 6) is 6.46. The van der Waals surface area contributed by atoms with Crippen molar-refractivity contribution >= 4 is 11.8 Å². The summed E-state index contributed by atoms with van der Waals surface area (Å²) in [6.07, 6.45) is 3.55. The average Bonchev–Trinajstić information content (AvgIpc) is 2.72. The summed E-state index contributed by atoms with van der Waals surface area (Å²) in [5, 5.41) is 0.594. The van der Waals surface area contributed by atoms with Crippen molar-refractivity contribution in [3.63, 3.8) is 0 Å². The van der Waals surface area contributed by atoms with E-state index in [0.717, 1.165) is 12.3 Å². The van der Waals surface area contributed by atoms with Gasteiger partial charge < -0.3 is 0 Å². The second kappa shape index (κ2) is 5.89. The SMILES string of the molecule is CC(C)CCC(NN)C1Cc2ccccc2S1. The van der Waals surface area contributed by atoms with Crippen LogP contribution in [0.15, 0.2) is 29.2 Å². The van der Waals surface area contributed by atoms with Crippen molar-refractivity contribution in [3.8, 4) is 0 Å². The number of nitrogens with two attached hydrogens (primary N) is 1. The second-order valence-corrected chi connectivity index (χ2v) is 6.49. The first-order valence-corrected chi connectivity index (χ1v) is 7.29. The molecule has 0 aromatic heterocycles. The molecule has 1 aliphatic rings. The van der Waals surface area contributed by atoms with Gasteiger partial charge >= 0.3 is 0 Å². The molecule has 0 bridgehead atoms. The summed E-state index contributed by atoms with van der Waals surface area (Å²) in [7, 11) is 0. The first kappa shape index (κ1) is 12.9. The van der Waals surface area contributed by atoms with Crippen LogP contribution in [0, 0.1) is 5.92 Å². The molecule has 0 amide bonds. The van der Waals surface area contributed by atoms with E-state index in [9.17, 15) is 0 Å². The van der Waals surface area contributed by atoms with Crippen molar-refractivity contribution in [2.45, 2.75) is 49.3 Å². The molecule has 1 aromatic carbocycles. The van der Waals surface area contributed by atoms with Crippen LogP contribution >= 0.6 is 11.8 Å². The lowest BCUT2D eigenvalue weighted by Gasteiger charge is -2.22. The summed E-state index contributed by atoms with van der Waals surface area (Å²) >= 11 is 1.98. The predicted octanol–water partition coefficient (Wildman–Crippen LogP) is 2.97. The second-order valence-electron chi connectivity index (χ2n) is 5.21. The van der Waals surface area contributed by atoms with Crippen LogP contribution in [0.25, 0.3) is 0 Å². The van der Waals surface area contributed by atoms with E-state index >= 15 is 0 Å². The molecule has 1 heterocycles. The van der Waals surface area contributed by atoms with Crippen molar-refractivity contribution < 1.29 is 0 Å². The van der Waals surface area contributed by atoms with Crippen LogP contribution in [0.1, 0.15) is 32.3 Å². The Bertz CT molecular complexity index is 340. The van der Waals surface area contributed by atoms with E-state index in [-0.39, 0.29) is 0 Å². The molecule has 17 heavy (non-hydrogen) atoms. The van der Waals surface area contributed by atoms with Gasteiger partial charge in [-0.2, -0.15) is 0 Å². The number of hydrogen-bond donors (Lipinski definition) is 2. The molecule has 0 spiro atoms. The fourth-order valence-corrected chi connectivity index (χ4v) is 3.75. The Kier molecular flexibility index (Phi) is 4.48. The molecular weight excluding hydrogens is 228 g/mol. The van der Waals surface area contributed by atoms with E-state index in [4.69, 9.17) is 5.84 Å². The van der Waals surface area contributed by atoms with Crippen LogP contribution in [-0.2, 0) is 6.42 Å². The van der Waals surface area contributed by atoms with Gasteiger partial charge in [-0.25, -0.2) is 0 Å². The Morgan fingerprint density at radius 1 is 1.35 bits per heavy atom. The Balaban J connectivity index is 1.95. The van der Waals surface area contributed by atoms with E-state index in [1.807, 2.05) is 11.8 Å². The molecule has 2 nitrogen and oxygen atoms in total. The Hall–Kier alpha value is -0.510. The van der Waals surface area contributed by atoms with Crippen molar-refractivity contribution in [1.29, 1.82) is 0 Å². The molecule has 1 aromatic rings.